The Labute approximate surface area is 132 Å². The smallest absolute Gasteiger partial charge is 0.0798 e. The van der Waals surface area contributed by atoms with Crippen LogP contribution in [0.1, 0.15) is 36.3 Å². The van der Waals surface area contributed by atoms with Gasteiger partial charge in [-0.25, -0.2) is 4.98 Å². The maximum absolute atomic E-state index is 5.44. The molecule has 4 nitrogen and oxygen atoms in total. The molecule has 0 spiro atoms. The Bertz CT molecular complexity index is 431. The minimum Gasteiger partial charge on any atom is -0.379 e. The lowest BCUT2D eigenvalue weighted by Gasteiger charge is -2.37. The first-order chi connectivity index (χ1) is 10.3. The third kappa shape index (κ3) is 4.25. The molecular weight excluding hydrogens is 282 g/mol. The molecule has 118 valence electrons. The van der Waals surface area contributed by atoms with Crippen LogP contribution in [-0.4, -0.2) is 60.2 Å². The third-order valence-corrected chi connectivity index (χ3v) is 5.74. The summed E-state index contributed by atoms with van der Waals surface area (Å²) in [6.07, 6.45) is 5.41. The predicted octanol–water partition coefficient (Wildman–Crippen LogP) is 2.53. The molecule has 2 saturated heterocycles. The molecule has 3 rings (SSSR count). The molecule has 2 aliphatic rings. The molecule has 1 atom stereocenters. The Balaban J connectivity index is 1.52. The molecule has 0 amide bonds. The van der Waals surface area contributed by atoms with Gasteiger partial charge in [0.25, 0.3) is 0 Å². The Hall–Kier alpha value is -0.490. The summed E-state index contributed by atoms with van der Waals surface area (Å²) in [6.45, 7) is 9.77. The van der Waals surface area contributed by atoms with Gasteiger partial charge < -0.3 is 4.74 Å². The number of ether oxygens (including phenoxy) is 1. The average Bonchev–Trinajstić information content (AvgIpc) is 2.93. The van der Waals surface area contributed by atoms with Crippen LogP contribution in [0.25, 0.3) is 0 Å². The number of hydrogen-bond donors (Lipinski definition) is 0. The molecule has 0 aromatic carbocycles. The first kappa shape index (κ1) is 15.4. The molecule has 5 heteroatoms. The quantitative estimate of drug-likeness (QED) is 0.836. The zero-order valence-electron chi connectivity index (χ0n) is 13.1. The molecule has 2 aliphatic heterocycles. The monoisotopic (exact) mass is 309 g/mol. The molecule has 0 radical (unpaired) electrons. The van der Waals surface area contributed by atoms with Crippen LogP contribution in [0.15, 0.2) is 5.51 Å². The van der Waals surface area contributed by atoms with Gasteiger partial charge in [-0.1, -0.05) is 6.42 Å². The van der Waals surface area contributed by atoms with Crippen molar-refractivity contribution in [3.63, 3.8) is 0 Å². The van der Waals surface area contributed by atoms with Gasteiger partial charge in [0.15, 0.2) is 0 Å². The number of thiazole rings is 1. The number of piperidine rings is 1. The third-order valence-electron chi connectivity index (χ3n) is 4.82. The minimum absolute atomic E-state index is 0.753. The lowest BCUT2D eigenvalue weighted by molar-refractivity contribution is 0.0302. The molecule has 3 heterocycles. The van der Waals surface area contributed by atoms with E-state index in [4.69, 9.17) is 4.74 Å². The van der Waals surface area contributed by atoms with Gasteiger partial charge >= 0.3 is 0 Å². The van der Waals surface area contributed by atoms with Crippen molar-refractivity contribution in [2.24, 2.45) is 0 Å². The van der Waals surface area contributed by atoms with E-state index in [0.29, 0.717) is 0 Å². The van der Waals surface area contributed by atoms with Gasteiger partial charge in [0.1, 0.15) is 0 Å². The molecule has 0 N–H and O–H groups in total. The number of aromatic nitrogens is 1. The number of likely N-dealkylation sites (tertiary alicyclic amines) is 1. The first-order valence-corrected chi connectivity index (χ1v) is 9.14. The summed E-state index contributed by atoms with van der Waals surface area (Å²) < 4.78 is 5.44. The Morgan fingerprint density at radius 2 is 2.14 bits per heavy atom. The average molecular weight is 309 g/mol. The van der Waals surface area contributed by atoms with Gasteiger partial charge in [-0.2, -0.15) is 0 Å². The van der Waals surface area contributed by atoms with E-state index in [-0.39, 0.29) is 0 Å². The second-order valence-corrected chi connectivity index (χ2v) is 7.16. The van der Waals surface area contributed by atoms with E-state index >= 15 is 0 Å². The predicted molar refractivity (Wildman–Crippen MR) is 86.8 cm³/mol. The summed E-state index contributed by atoms with van der Waals surface area (Å²) in [5, 5.41) is 0. The molecular formula is C16H27N3OS. The van der Waals surface area contributed by atoms with E-state index in [2.05, 4.69) is 21.7 Å². The number of morpholine rings is 1. The summed E-state index contributed by atoms with van der Waals surface area (Å²) in [6, 6.07) is 0.753. The van der Waals surface area contributed by atoms with Crippen LogP contribution in [0.5, 0.6) is 0 Å². The highest BCUT2D eigenvalue weighted by Gasteiger charge is 2.24. The Morgan fingerprint density at radius 1 is 1.29 bits per heavy atom. The van der Waals surface area contributed by atoms with Gasteiger partial charge in [0.05, 0.1) is 24.4 Å². The number of aryl methyl sites for hydroxylation is 1. The Morgan fingerprint density at radius 3 is 2.90 bits per heavy atom. The fourth-order valence-electron chi connectivity index (χ4n) is 3.41. The van der Waals surface area contributed by atoms with E-state index in [0.717, 1.165) is 38.9 Å². The van der Waals surface area contributed by atoms with Crippen molar-refractivity contribution in [2.45, 2.75) is 45.2 Å². The van der Waals surface area contributed by atoms with Crippen LogP contribution < -0.4 is 0 Å². The second-order valence-electron chi connectivity index (χ2n) is 6.22. The molecule has 2 fully saturated rings. The molecule has 0 unspecified atom stereocenters. The number of rotatable bonds is 5. The minimum atomic E-state index is 0.753. The highest BCUT2D eigenvalue weighted by Crippen LogP contribution is 2.24. The van der Waals surface area contributed by atoms with Crippen molar-refractivity contribution in [1.29, 1.82) is 0 Å². The van der Waals surface area contributed by atoms with Crippen LogP contribution >= 0.6 is 11.3 Å². The maximum Gasteiger partial charge on any atom is 0.0798 e. The van der Waals surface area contributed by atoms with Gasteiger partial charge in [-0.05, 0) is 39.3 Å². The van der Waals surface area contributed by atoms with E-state index in [1.54, 1.807) is 0 Å². The van der Waals surface area contributed by atoms with Crippen molar-refractivity contribution < 1.29 is 4.74 Å². The molecule has 0 bridgehead atoms. The number of nitrogens with zero attached hydrogens (tertiary/aromatic N) is 3. The van der Waals surface area contributed by atoms with Gasteiger partial charge in [-0.3, -0.25) is 9.80 Å². The van der Waals surface area contributed by atoms with Crippen molar-refractivity contribution in [3.05, 3.63) is 16.1 Å². The molecule has 1 aromatic rings. The van der Waals surface area contributed by atoms with Crippen LogP contribution in [0.3, 0.4) is 0 Å². The van der Waals surface area contributed by atoms with E-state index in [1.807, 2.05) is 16.8 Å². The lowest BCUT2D eigenvalue weighted by atomic mass is 9.99. The summed E-state index contributed by atoms with van der Waals surface area (Å²) >= 11 is 1.81. The largest absolute Gasteiger partial charge is 0.379 e. The topological polar surface area (TPSA) is 28.6 Å². The summed E-state index contributed by atoms with van der Waals surface area (Å²) in [7, 11) is 0. The van der Waals surface area contributed by atoms with Crippen molar-refractivity contribution in [1.82, 2.24) is 14.8 Å². The fourth-order valence-corrected chi connectivity index (χ4v) is 4.22. The van der Waals surface area contributed by atoms with Crippen molar-refractivity contribution in [3.8, 4) is 0 Å². The van der Waals surface area contributed by atoms with Gasteiger partial charge in [0.2, 0.25) is 0 Å². The van der Waals surface area contributed by atoms with Crippen molar-refractivity contribution in [2.75, 3.05) is 39.4 Å². The van der Waals surface area contributed by atoms with Crippen LogP contribution in [-0.2, 0) is 11.3 Å². The highest BCUT2D eigenvalue weighted by molar-refractivity contribution is 7.09. The van der Waals surface area contributed by atoms with E-state index in [1.165, 1.54) is 49.3 Å². The van der Waals surface area contributed by atoms with E-state index < -0.39 is 0 Å². The molecule has 1 aromatic heterocycles. The maximum atomic E-state index is 5.44. The van der Waals surface area contributed by atoms with E-state index in [9.17, 15) is 0 Å². The standard InChI is InChI=1S/C16H27N3OS/c1-14-16(21-13-17-14)12-19-6-3-2-4-15(19)5-7-18-8-10-20-11-9-18/h13,15H,2-12H2,1H3/t15-/m1/s1. The number of hydrogen-bond acceptors (Lipinski definition) is 5. The molecule has 0 aliphatic carbocycles. The van der Waals surface area contributed by atoms with Crippen LogP contribution in [0, 0.1) is 6.92 Å². The zero-order valence-corrected chi connectivity index (χ0v) is 13.9. The Kier molecular flexibility index (Phi) is 5.63. The summed E-state index contributed by atoms with van der Waals surface area (Å²) in [4.78, 5) is 11.1. The lowest BCUT2D eigenvalue weighted by Crippen LogP contribution is -2.43. The molecule has 21 heavy (non-hydrogen) atoms. The first-order valence-electron chi connectivity index (χ1n) is 8.26. The summed E-state index contributed by atoms with van der Waals surface area (Å²) in [5.74, 6) is 0. The second kappa shape index (κ2) is 7.68. The highest BCUT2D eigenvalue weighted by atomic mass is 32.1. The summed E-state index contributed by atoms with van der Waals surface area (Å²) in [5.41, 5.74) is 3.20. The molecule has 0 saturated carbocycles. The zero-order chi connectivity index (χ0) is 14.5. The van der Waals surface area contributed by atoms with Crippen LogP contribution in [0.4, 0.5) is 0 Å². The SMILES string of the molecule is Cc1ncsc1CN1CCCC[C@@H]1CCN1CCOCC1. The van der Waals surface area contributed by atoms with Gasteiger partial charge in [-0.15, -0.1) is 11.3 Å². The van der Waals surface area contributed by atoms with Crippen LogP contribution in [0.2, 0.25) is 0 Å². The van der Waals surface area contributed by atoms with Gasteiger partial charge in [0, 0.05) is 30.6 Å². The normalized spacial score (nSPS) is 25.3. The van der Waals surface area contributed by atoms with Crippen molar-refractivity contribution >= 4 is 11.3 Å². The fraction of sp³-hybridized carbons (Fsp3) is 0.812.